The molecule has 1 aromatic heterocycles. The molecule has 0 saturated heterocycles. The fourth-order valence-corrected chi connectivity index (χ4v) is 1.90. The van der Waals surface area contributed by atoms with E-state index in [0.29, 0.717) is 0 Å². The van der Waals surface area contributed by atoms with E-state index in [9.17, 15) is 0 Å². The first-order valence-corrected chi connectivity index (χ1v) is 4.63. The highest BCUT2D eigenvalue weighted by Gasteiger charge is 2.18. The molecule has 0 spiro atoms. The van der Waals surface area contributed by atoms with Crippen LogP contribution in [0, 0.1) is 0 Å². The summed E-state index contributed by atoms with van der Waals surface area (Å²) in [6, 6.07) is 2.12. The third-order valence-electron chi connectivity index (χ3n) is 2.61. The van der Waals surface area contributed by atoms with Gasteiger partial charge in [-0.15, -0.1) is 0 Å². The molecule has 0 radical (unpaired) electrons. The number of nitrogens with zero attached hydrogens (tertiary/aromatic N) is 2. The first-order chi connectivity index (χ1) is 5.90. The van der Waals surface area contributed by atoms with E-state index in [2.05, 4.69) is 16.6 Å². The van der Waals surface area contributed by atoms with Crippen LogP contribution in [-0.4, -0.2) is 16.9 Å². The van der Waals surface area contributed by atoms with E-state index in [-0.39, 0.29) is 0 Å². The number of rotatable bonds is 2. The molecule has 1 fully saturated rings. The molecule has 66 valence electrons. The molecule has 0 amide bonds. The Bertz CT molecular complexity index is 248. The van der Waals surface area contributed by atoms with Gasteiger partial charge in [0.05, 0.1) is 5.69 Å². The minimum Gasteiger partial charge on any atom is -0.313 e. The van der Waals surface area contributed by atoms with Gasteiger partial charge >= 0.3 is 0 Å². The average molecular weight is 165 g/mol. The fraction of sp³-hybridized carbons (Fsp3) is 0.667. The highest BCUT2D eigenvalue weighted by Crippen LogP contribution is 2.32. The van der Waals surface area contributed by atoms with E-state index in [1.807, 2.05) is 13.2 Å². The number of hydrogen-bond acceptors (Lipinski definition) is 2. The largest absolute Gasteiger partial charge is 0.313 e. The van der Waals surface area contributed by atoms with Gasteiger partial charge in [-0.2, -0.15) is 9.89 Å². The fourth-order valence-electron chi connectivity index (χ4n) is 1.90. The summed E-state index contributed by atoms with van der Waals surface area (Å²) in [5.74, 6) is 0.722. The Morgan fingerprint density at radius 2 is 2.25 bits per heavy atom. The minimum absolute atomic E-state index is 0.722. The van der Waals surface area contributed by atoms with Crippen molar-refractivity contribution >= 4 is 0 Å². The molecule has 2 rings (SSSR count). The summed E-state index contributed by atoms with van der Waals surface area (Å²) in [7, 11) is 1.88. The summed E-state index contributed by atoms with van der Waals surface area (Å²) in [6.07, 6.45) is 7.36. The van der Waals surface area contributed by atoms with Crippen molar-refractivity contribution in [3.8, 4) is 0 Å². The lowest BCUT2D eigenvalue weighted by molar-refractivity contribution is 0.662. The second-order valence-corrected chi connectivity index (χ2v) is 3.39. The van der Waals surface area contributed by atoms with E-state index < -0.39 is 0 Å². The van der Waals surface area contributed by atoms with Crippen LogP contribution in [0.5, 0.6) is 0 Å². The monoisotopic (exact) mass is 165 g/mol. The Labute approximate surface area is 72.7 Å². The summed E-state index contributed by atoms with van der Waals surface area (Å²) in [5.41, 5.74) is 4.23. The highest BCUT2D eigenvalue weighted by molar-refractivity contribution is 5.08. The predicted molar refractivity (Wildman–Crippen MR) is 48.7 cm³/mol. The van der Waals surface area contributed by atoms with Crippen LogP contribution < -0.4 is 5.43 Å². The summed E-state index contributed by atoms with van der Waals surface area (Å²) in [6.45, 7) is 0. The molecule has 0 unspecified atom stereocenters. The number of hydrogen-bond donors (Lipinski definition) is 1. The van der Waals surface area contributed by atoms with Crippen LogP contribution in [0.15, 0.2) is 12.3 Å². The quantitative estimate of drug-likeness (QED) is 0.723. The van der Waals surface area contributed by atoms with Crippen LogP contribution >= 0.6 is 0 Å². The van der Waals surface area contributed by atoms with Gasteiger partial charge in [-0.3, -0.25) is 0 Å². The van der Waals surface area contributed by atoms with Crippen molar-refractivity contribution in [2.24, 2.45) is 0 Å². The van der Waals surface area contributed by atoms with Crippen LogP contribution in [0.4, 0.5) is 0 Å². The zero-order chi connectivity index (χ0) is 8.39. The molecule has 1 aromatic rings. The van der Waals surface area contributed by atoms with Crippen molar-refractivity contribution < 1.29 is 0 Å². The maximum absolute atomic E-state index is 4.42. The normalized spacial score (nSPS) is 18.4. The zero-order valence-corrected chi connectivity index (χ0v) is 7.45. The predicted octanol–water partition coefficient (Wildman–Crippen LogP) is 1.71. The minimum atomic E-state index is 0.722. The van der Waals surface area contributed by atoms with E-state index >= 15 is 0 Å². The Hall–Kier alpha value is -0.990. The first kappa shape index (κ1) is 7.65. The molecule has 1 heterocycles. The van der Waals surface area contributed by atoms with Crippen LogP contribution in [0.2, 0.25) is 0 Å². The second-order valence-electron chi connectivity index (χ2n) is 3.39. The highest BCUT2D eigenvalue weighted by atomic mass is 15.5. The van der Waals surface area contributed by atoms with Gasteiger partial charge in [0.2, 0.25) is 0 Å². The Balaban J connectivity index is 2.11. The van der Waals surface area contributed by atoms with E-state index in [1.54, 1.807) is 4.79 Å². The van der Waals surface area contributed by atoms with Crippen LogP contribution in [0.1, 0.15) is 37.3 Å². The lowest BCUT2D eigenvalue weighted by atomic mass is 10.1. The standard InChI is InChI=1S/C9H15N3/c1-10-12-7-6-9(11-12)8-4-2-3-5-8/h6-8,10H,2-5H2,1H3. The number of nitrogens with one attached hydrogen (secondary N) is 1. The third kappa shape index (κ3) is 1.31. The van der Waals surface area contributed by atoms with E-state index in [0.717, 1.165) is 5.92 Å². The SMILES string of the molecule is CNn1ccc(C2CCCC2)n1. The molecule has 0 aromatic carbocycles. The topological polar surface area (TPSA) is 29.9 Å². The number of aromatic nitrogens is 2. The van der Waals surface area contributed by atoms with E-state index in [1.165, 1.54) is 31.4 Å². The second kappa shape index (κ2) is 3.17. The van der Waals surface area contributed by atoms with E-state index in [4.69, 9.17) is 0 Å². The van der Waals surface area contributed by atoms with Crippen LogP contribution in [0.3, 0.4) is 0 Å². The van der Waals surface area contributed by atoms with Gasteiger partial charge in [-0.1, -0.05) is 12.8 Å². The Morgan fingerprint density at radius 1 is 1.50 bits per heavy atom. The molecule has 12 heavy (non-hydrogen) atoms. The van der Waals surface area contributed by atoms with Gasteiger partial charge in [0.25, 0.3) is 0 Å². The van der Waals surface area contributed by atoms with Gasteiger partial charge in [0.15, 0.2) is 0 Å². The van der Waals surface area contributed by atoms with Gasteiger partial charge in [0, 0.05) is 19.2 Å². The van der Waals surface area contributed by atoms with Crippen LogP contribution in [0.25, 0.3) is 0 Å². The lowest BCUT2D eigenvalue weighted by Crippen LogP contribution is -2.09. The van der Waals surface area contributed by atoms with Crippen molar-refractivity contribution in [1.29, 1.82) is 0 Å². The molecule has 0 bridgehead atoms. The molecular weight excluding hydrogens is 150 g/mol. The molecular formula is C9H15N3. The van der Waals surface area contributed by atoms with Crippen LogP contribution in [-0.2, 0) is 0 Å². The zero-order valence-electron chi connectivity index (χ0n) is 7.45. The molecule has 0 aliphatic heterocycles. The smallest absolute Gasteiger partial charge is 0.0676 e. The summed E-state index contributed by atoms with van der Waals surface area (Å²) >= 11 is 0. The maximum Gasteiger partial charge on any atom is 0.0676 e. The molecule has 1 N–H and O–H groups in total. The maximum atomic E-state index is 4.42. The first-order valence-electron chi connectivity index (χ1n) is 4.63. The molecule has 0 atom stereocenters. The average Bonchev–Trinajstić information content (AvgIpc) is 2.75. The molecule has 3 nitrogen and oxygen atoms in total. The molecule has 1 aliphatic carbocycles. The van der Waals surface area contributed by atoms with Crippen molar-refractivity contribution in [2.75, 3.05) is 12.5 Å². The van der Waals surface area contributed by atoms with Crippen molar-refractivity contribution in [2.45, 2.75) is 31.6 Å². The van der Waals surface area contributed by atoms with Crippen molar-refractivity contribution in [1.82, 2.24) is 9.89 Å². The van der Waals surface area contributed by atoms with Gasteiger partial charge in [-0.25, -0.2) is 0 Å². The molecule has 3 heteroatoms. The third-order valence-corrected chi connectivity index (χ3v) is 2.61. The van der Waals surface area contributed by atoms with Gasteiger partial charge in [-0.05, 0) is 18.9 Å². The molecule has 1 aliphatic rings. The lowest BCUT2D eigenvalue weighted by Gasteiger charge is -2.03. The van der Waals surface area contributed by atoms with Gasteiger partial charge in [0.1, 0.15) is 0 Å². The summed E-state index contributed by atoms with van der Waals surface area (Å²) in [4.78, 5) is 1.77. The Kier molecular flexibility index (Phi) is 2.02. The summed E-state index contributed by atoms with van der Waals surface area (Å²) < 4.78 is 0. The van der Waals surface area contributed by atoms with Gasteiger partial charge < -0.3 is 5.43 Å². The summed E-state index contributed by atoms with van der Waals surface area (Å²) in [5, 5.41) is 4.42. The van der Waals surface area contributed by atoms with Crippen molar-refractivity contribution in [3.05, 3.63) is 18.0 Å². The molecule has 1 saturated carbocycles. The Morgan fingerprint density at radius 3 is 2.83 bits per heavy atom. The van der Waals surface area contributed by atoms with Crippen molar-refractivity contribution in [3.63, 3.8) is 0 Å².